The van der Waals surface area contributed by atoms with E-state index in [9.17, 15) is 9.59 Å². The molecule has 4 aromatic rings. The van der Waals surface area contributed by atoms with E-state index in [2.05, 4.69) is 5.32 Å². The fraction of sp³-hybridized carbons (Fsp3) is 0.179. The van der Waals surface area contributed by atoms with E-state index in [-0.39, 0.29) is 12.5 Å². The maximum absolute atomic E-state index is 13.4. The molecule has 0 radical (unpaired) electrons. The summed E-state index contributed by atoms with van der Waals surface area (Å²) < 4.78 is 11.0. The number of ether oxygens (including phenoxy) is 1. The lowest BCUT2D eigenvalue weighted by molar-refractivity contribution is -0.119. The van der Waals surface area contributed by atoms with E-state index in [1.807, 2.05) is 73.0 Å². The van der Waals surface area contributed by atoms with E-state index in [1.165, 1.54) is 11.8 Å². The summed E-state index contributed by atoms with van der Waals surface area (Å²) in [7, 11) is 0. The summed E-state index contributed by atoms with van der Waals surface area (Å²) in [6, 6.07) is 18.8. The predicted molar refractivity (Wildman–Crippen MR) is 138 cm³/mol. The van der Waals surface area contributed by atoms with Crippen LogP contribution in [0.3, 0.4) is 0 Å². The molecule has 0 bridgehead atoms. The molecular formula is C28H24N2O4S. The van der Waals surface area contributed by atoms with Crippen molar-refractivity contribution >= 4 is 51.9 Å². The molecule has 1 N–H and O–H groups in total. The van der Waals surface area contributed by atoms with Crippen LogP contribution in [-0.4, -0.2) is 29.7 Å². The number of para-hydroxylation sites is 2. The number of esters is 1. The minimum atomic E-state index is -0.521. The van der Waals surface area contributed by atoms with Gasteiger partial charge >= 0.3 is 5.97 Å². The smallest absolute Gasteiger partial charge is 0.339 e. The monoisotopic (exact) mass is 484 g/mol. The van der Waals surface area contributed by atoms with Crippen molar-refractivity contribution in [1.82, 2.24) is 4.98 Å². The first-order valence-electron chi connectivity index (χ1n) is 11.4. The Morgan fingerprint density at radius 2 is 1.91 bits per heavy atom. The van der Waals surface area contributed by atoms with Crippen LogP contribution in [0.15, 0.2) is 76.2 Å². The molecule has 0 atom stereocenters. The summed E-state index contributed by atoms with van der Waals surface area (Å²) in [5.74, 6) is -0.160. The number of amides is 1. The van der Waals surface area contributed by atoms with Gasteiger partial charge in [-0.15, -0.1) is 11.8 Å². The van der Waals surface area contributed by atoms with Crippen molar-refractivity contribution in [2.24, 2.45) is 0 Å². The number of fused-ring (bicyclic) bond motifs is 2. The Hall–Kier alpha value is -3.84. The number of furan rings is 1. The molecule has 1 amide bonds. The highest BCUT2D eigenvalue weighted by Gasteiger charge is 2.26. The SMILES string of the molecule is CSc1ccccc1NC(=O)COC(=O)c1c2c(nc3ccccc13)C(=Cc1ccco1)CCC2. The van der Waals surface area contributed by atoms with Crippen LogP contribution in [0.4, 0.5) is 5.69 Å². The third-order valence-corrected chi connectivity index (χ3v) is 6.75. The van der Waals surface area contributed by atoms with E-state index < -0.39 is 5.97 Å². The number of nitrogens with zero attached hydrogens (tertiary/aromatic N) is 1. The van der Waals surface area contributed by atoms with Crippen molar-refractivity contribution < 1.29 is 18.7 Å². The Morgan fingerprint density at radius 3 is 2.74 bits per heavy atom. The fourth-order valence-electron chi connectivity index (χ4n) is 4.39. The number of hydrogen-bond acceptors (Lipinski definition) is 6. The number of anilines is 1. The summed E-state index contributed by atoms with van der Waals surface area (Å²) in [5.41, 5.74) is 4.55. The molecule has 176 valence electrons. The predicted octanol–water partition coefficient (Wildman–Crippen LogP) is 6.22. The molecular weight excluding hydrogens is 460 g/mol. The highest BCUT2D eigenvalue weighted by atomic mass is 32.2. The zero-order valence-electron chi connectivity index (χ0n) is 19.2. The molecule has 7 heteroatoms. The second-order valence-electron chi connectivity index (χ2n) is 8.19. The van der Waals surface area contributed by atoms with Crippen molar-refractivity contribution in [2.75, 3.05) is 18.2 Å². The van der Waals surface area contributed by atoms with E-state index in [4.69, 9.17) is 14.1 Å². The molecule has 35 heavy (non-hydrogen) atoms. The number of carbonyl (C=O) groups excluding carboxylic acids is 2. The van der Waals surface area contributed by atoms with E-state index in [1.54, 1.807) is 6.26 Å². The van der Waals surface area contributed by atoms with Gasteiger partial charge in [-0.2, -0.15) is 0 Å². The van der Waals surface area contributed by atoms with Crippen molar-refractivity contribution in [3.05, 3.63) is 89.5 Å². The third kappa shape index (κ3) is 4.86. The molecule has 0 unspecified atom stereocenters. The average Bonchev–Trinajstić information content (AvgIpc) is 3.40. The van der Waals surface area contributed by atoms with Crippen molar-refractivity contribution in [3.8, 4) is 0 Å². The van der Waals surface area contributed by atoms with Crippen LogP contribution in [0.1, 0.15) is 40.2 Å². The van der Waals surface area contributed by atoms with Gasteiger partial charge in [0.25, 0.3) is 5.91 Å². The lowest BCUT2D eigenvalue weighted by Crippen LogP contribution is -2.22. The number of thioether (sulfide) groups is 1. The van der Waals surface area contributed by atoms with Crippen LogP contribution in [0.25, 0.3) is 22.6 Å². The van der Waals surface area contributed by atoms with Gasteiger partial charge in [0.2, 0.25) is 0 Å². The van der Waals surface area contributed by atoms with Crippen LogP contribution in [0.2, 0.25) is 0 Å². The van der Waals surface area contributed by atoms with Crippen LogP contribution in [-0.2, 0) is 16.0 Å². The number of rotatable bonds is 6. The summed E-state index contributed by atoms with van der Waals surface area (Å²) >= 11 is 1.54. The van der Waals surface area contributed by atoms with E-state index >= 15 is 0 Å². The van der Waals surface area contributed by atoms with Gasteiger partial charge in [0.05, 0.1) is 28.7 Å². The standard InChI is InChI=1S/C28H24N2O4S/c1-35-24-14-5-4-13-23(24)29-25(31)17-34-28(32)26-20-10-2-3-12-22(20)30-27-18(8-6-11-21(26)27)16-19-9-7-15-33-19/h2-5,7,9-10,12-16H,6,8,11,17H2,1H3,(H,29,31). The maximum atomic E-state index is 13.4. The Labute approximate surface area is 207 Å². The normalized spacial score (nSPS) is 14.0. The van der Waals surface area contributed by atoms with Gasteiger partial charge in [-0.1, -0.05) is 30.3 Å². The van der Waals surface area contributed by atoms with Gasteiger partial charge in [0.15, 0.2) is 6.61 Å². The van der Waals surface area contributed by atoms with Crippen molar-refractivity contribution in [2.45, 2.75) is 24.2 Å². The summed E-state index contributed by atoms with van der Waals surface area (Å²) in [6.07, 6.45) is 7.98. The highest BCUT2D eigenvalue weighted by Crippen LogP contribution is 2.36. The van der Waals surface area contributed by atoms with Crippen LogP contribution < -0.4 is 5.32 Å². The molecule has 0 spiro atoms. The largest absolute Gasteiger partial charge is 0.465 e. The van der Waals surface area contributed by atoms with Gasteiger partial charge < -0.3 is 14.5 Å². The Balaban J connectivity index is 1.44. The maximum Gasteiger partial charge on any atom is 0.339 e. The molecule has 0 fully saturated rings. The second-order valence-corrected chi connectivity index (χ2v) is 9.04. The minimum Gasteiger partial charge on any atom is -0.465 e. The number of pyridine rings is 1. The quantitative estimate of drug-likeness (QED) is 0.258. The number of benzene rings is 2. The summed E-state index contributed by atoms with van der Waals surface area (Å²) in [4.78, 5) is 31.8. The number of nitrogens with one attached hydrogen (secondary N) is 1. The molecule has 1 aliphatic rings. The molecule has 2 heterocycles. The van der Waals surface area contributed by atoms with Gasteiger partial charge in [-0.3, -0.25) is 4.79 Å². The Morgan fingerprint density at radius 1 is 1.09 bits per heavy atom. The first-order chi connectivity index (χ1) is 17.1. The zero-order chi connectivity index (χ0) is 24.2. The first-order valence-corrected chi connectivity index (χ1v) is 12.6. The van der Waals surface area contributed by atoms with Crippen LogP contribution in [0, 0.1) is 0 Å². The van der Waals surface area contributed by atoms with Gasteiger partial charge in [-0.25, -0.2) is 9.78 Å². The number of hydrogen-bond donors (Lipinski definition) is 1. The molecule has 1 aliphatic carbocycles. The topological polar surface area (TPSA) is 81.4 Å². The van der Waals surface area contributed by atoms with Gasteiger partial charge in [0.1, 0.15) is 5.76 Å². The van der Waals surface area contributed by atoms with E-state index in [0.29, 0.717) is 23.2 Å². The van der Waals surface area contributed by atoms with Crippen molar-refractivity contribution in [3.63, 3.8) is 0 Å². The van der Waals surface area contributed by atoms with Gasteiger partial charge in [0, 0.05) is 10.3 Å². The van der Waals surface area contributed by atoms with Gasteiger partial charge in [-0.05, 0) is 73.1 Å². The molecule has 5 rings (SSSR count). The molecule has 0 saturated carbocycles. The van der Waals surface area contributed by atoms with Crippen molar-refractivity contribution in [1.29, 1.82) is 0 Å². The molecule has 0 aliphatic heterocycles. The average molecular weight is 485 g/mol. The zero-order valence-corrected chi connectivity index (χ0v) is 20.1. The number of allylic oxidation sites excluding steroid dienone is 1. The summed E-state index contributed by atoms with van der Waals surface area (Å²) in [6.45, 7) is -0.373. The third-order valence-electron chi connectivity index (χ3n) is 5.95. The van der Waals surface area contributed by atoms with Crippen LogP contribution in [0.5, 0.6) is 0 Å². The molecule has 2 aromatic heterocycles. The molecule has 6 nitrogen and oxygen atoms in total. The Bertz CT molecular complexity index is 1430. The molecule has 2 aromatic carbocycles. The summed E-state index contributed by atoms with van der Waals surface area (Å²) in [5, 5.41) is 3.56. The first kappa shape index (κ1) is 22.9. The minimum absolute atomic E-state index is 0.373. The molecule has 0 saturated heterocycles. The second kappa shape index (κ2) is 10.2. The number of carbonyl (C=O) groups is 2. The fourth-order valence-corrected chi connectivity index (χ4v) is 4.94. The lowest BCUT2D eigenvalue weighted by Gasteiger charge is -2.22. The van der Waals surface area contributed by atoms with Crippen LogP contribution >= 0.6 is 11.8 Å². The Kier molecular flexibility index (Phi) is 6.68. The van der Waals surface area contributed by atoms with E-state index in [0.717, 1.165) is 45.7 Å². The lowest BCUT2D eigenvalue weighted by atomic mass is 9.86. The number of aromatic nitrogens is 1. The highest BCUT2D eigenvalue weighted by molar-refractivity contribution is 7.98.